The molecule has 0 saturated carbocycles. The molecule has 1 aromatic rings. The van der Waals surface area contributed by atoms with E-state index in [4.69, 9.17) is 15.2 Å². The van der Waals surface area contributed by atoms with Gasteiger partial charge in [0.2, 0.25) is 10.0 Å². The largest absolute Gasteiger partial charge is 0.382 e. The summed E-state index contributed by atoms with van der Waals surface area (Å²) in [4.78, 5) is 0.240. The van der Waals surface area contributed by atoms with Crippen LogP contribution in [0.3, 0.4) is 0 Å². The summed E-state index contributed by atoms with van der Waals surface area (Å²) < 4.78 is 36.6. The van der Waals surface area contributed by atoms with Crippen molar-refractivity contribution in [2.24, 2.45) is 5.73 Å². The van der Waals surface area contributed by atoms with Crippen LogP contribution in [0.4, 0.5) is 0 Å². The second-order valence-corrected chi connectivity index (χ2v) is 6.06. The molecule has 6 nitrogen and oxygen atoms in total. The molecule has 1 rings (SSSR count). The van der Waals surface area contributed by atoms with Crippen molar-refractivity contribution in [3.05, 3.63) is 29.3 Å². The minimum absolute atomic E-state index is 0.226. The van der Waals surface area contributed by atoms with Crippen LogP contribution in [-0.4, -0.2) is 41.9 Å². The van der Waals surface area contributed by atoms with Crippen LogP contribution < -0.4 is 10.5 Å². The lowest BCUT2D eigenvalue weighted by Crippen LogP contribution is -2.28. The smallest absolute Gasteiger partial charge is 0.240 e. The molecule has 0 atom stereocenters. The van der Waals surface area contributed by atoms with Crippen molar-refractivity contribution in [3.8, 4) is 0 Å². The Bertz CT molecular complexity index is 517. The predicted octanol–water partition coefficient (Wildman–Crippen LogP) is 0.395. The summed E-state index contributed by atoms with van der Waals surface area (Å²) in [5.41, 5.74) is 7.36. The van der Waals surface area contributed by atoms with Crippen molar-refractivity contribution in [1.82, 2.24) is 4.72 Å². The van der Waals surface area contributed by atoms with Gasteiger partial charge < -0.3 is 15.2 Å². The first-order chi connectivity index (χ1) is 9.51. The molecule has 1 aromatic carbocycles. The quantitative estimate of drug-likeness (QED) is 0.644. The fourth-order valence-electron chi connectivity index (χ4n) is 1.64. The van der Waals surface area contributed by atoms with E-state index in [2.05, 4.69) is 4.72 Å². The number of aryl methyl sites for hydroxylation is 1. The van der Waals surface area contributed by atoms with Gasteiger partial charge in [0.15, 0.2) is 0 Å². The highest BCUT2D eigenvalue weighted by atomic mass is 32.2. The maximum absolute atomic E-state index is 12.1. The lowest BCUT2D eigenvalue weighted by atomic mass is 10.1. The maximum atomic E-state index is 12.1. The number of benzene rings is 1. The van der Waals surface area contributed by atoms with Gasteiger partial charge in [-0.25, -0.2) is 13.1 Å². The minimum Gasteiger partial charge on any atom is -0.382 e. The molecule has 0 amide bonds. The van der Waals surface area contributed by atoms with E-state index < -0.39 is 10.0 Å². The Hall–Kier alpha value is -0.990. The van der Waals surface area contributed by atoms with E-state index in [1.54, 1.807) is 25.3 Å². The molecule has 20 heavy (non-hydrogen) atoms. The van der Waals surface area contributed by atoms with Crippen molar-refractivity contribution in [2.75, 3.05) is 33.5 Å². The van der Waals surface area contributed by atoms with Gasteiger partial charge in [-0.05, 0) is 30.2 Å². The molecule has 0 fully saturated rings. The fourth-order valence-corrected chi connectivity index (χ4v) is 2.74. The van der Waals surface area contributed by atoms with Gasteiger partial charge in [0.1, 0.15) is 0 Å². The molecule has 0 saturated heterocycles. The Kier molecular flexibility index (Phi) is 7.11. The van der Waals surface area contributed by atoms with Crippen LogP contribution >= 0.6 is 0 Å². The molecular weight excluding hydrogens is 280 g/mol. The molecule has 0 aliphatic carbocycles. The SMILES string of the molecule is COCCOCCNS(=O)(=O)c1ccc(CN)c(C)c1. The van der Waals surface area contributed by atoms with E-state index in [1.165, 1.54) is 0 Å². The normalized spacial score (nSPS) is 11.8. The lowest BCUT2D eigenvalue weighted by molar-refractivity contribution is 0.0736. The molecule has 0 aromatic heterocycles. The summed E-state index contributed by atoms with van der Waals surface area (Å²) in [5, 5.41) is 0. The zero-order valence-electron chi connectivity index (χ0n) is 11.9. The van der Waals surface area contributed by atoms with Crippen LogP contribution in [0.2, 0.25) is 0 Å². The topological polar surface area (TPSA) is 90.6 Å². The van der Waals surface area contributed by atoms with Crippen LogP contribution in [0, 0.1) is 6.92 Å². The van der Waals surface area contributed by atoms with Crippen molar-refractivity contribution in [3.63, 3.8) is 0 Å². The highest BCUT2D eigenvalue weighted by Gasteiger charge is 2.14. The Balaban J connectivity index is 2.54. The van der Waals surface area contributed by atoms with Gasteiger partial charge in [0.05, 0.1) is 24.7 Å². The standard InChI is InChI=1S/C13H22N2O4S/c1-11-9-13(4-3-12(11)10-14)20(16,17)15-5-6-19-8-7-18-2/h3-4,9,15H,5-8,10,14H2,1-2H3. The molecule has 0 radical (unpaired) electrons. The van der Waals surface area contributed by atoms with Gasteiger partial charge in [-0.1, -0.05) is 6.07 Å². The zero-order chi connectivity index (χ0) is 15.0. The first kappa shape index (κ1) is 17.1. The molecule has 0 aliphatic rings. The summed E-state index contributed by atoms with van der Waals surface area (Å²) >= 11 is 0. The van der Waals surface area contributed by atoms with Gasteiger partial charge in [-0.2, -0.15) is 0 Å². The summed E-state index contributed by atoms with van der Waals surface area (Å²) in [6, 6.07) is 4.92. The molecule has 0 unspecified atom stereocenters. The molecule has 0 heterocycles. The van der Waals surface area contributed by atoms with Gasteiger partial charge in [0, 0.05) is 20.2 Å². The van der Waals surface area contributed by atoms with Gasteiger partial charge in [-0.3, -0.25) is 0 Å². The Morgan fingerprint density at radius 1 is 1.25 bits per heavy atom. The van der Waals surface area contributed by atoms with E-state index in [-0.39, 0.29) is 11.4 Å². The molecule has 114 valence electrons. The number of hydrogen-bond donors (Lipinski definition) is 2. The second kappa shape index (κ2) is 8.33. The zero-order valence-corrected chi connectivity index (χ0v) is 12.7. The Labute approximate surface area is 120 Å². The average molecular weight is 302 g/mol. The van der Waals surface area contributed by atoms with Crippen molar-refractivity contribution >= 4 is 10.0 Å². The van der Waals surface area contributed by atoms with Crippen molar-refractivity contribution in [1.29, 1.82) is 0 Å². The Morgan fingerprint density at radius 2 is 2.00 bits per heavy atom. The van der Waals surface area contributed by atoms with Crippen molar-refractivity contribution in [2.45, 2.75) is 18.4 Å². The molecule has 0 spiro atoms. The average Bonchev–Trinajstić information content (AvgIpc) is 2.42. The molecule has 7 heteroatoms. The number of methoxy groups -OCH3 is 1. The summed E-state index contributed by atoms with van der Waals surface area (Å²) in [7, 11) is -1.92. The maximum Gasteiger partial charge on any atom is 0.240 e. The first-order valence-electron chi connectivity index (χ1n) is 6.37. The summed E-state index contributed by atoms with van der Waals surface area (Å²) in [6.45, 7) is 3.71. The summed E-state index contributed by atoms with van der Waals surface area (Å²) in [6.07, 6.45) is 0. The number of hydrogen-bond acceptors (Lipinski definition) is 5. The number of rotatable bonds is 9. The van der Waals surface area contributed by atoms with E-state index in [0.29, 0.717) is 26.4 Å². The van der Waals surface area contributed by atoms with E-state index in [1.807, 2.05) is 6.92 Å². The van der Waals surface area contributed by atoms with E-state index >= 15 is 0 Å². The van der Waals surface area contributed by atoms with Gasteiger partial charge in [0.25, 0.3) is 0 Å². The molecule has 0 aliphatic heterocycles. The van der Waals surface area contributed by atoms with Crippen molar-refractivity contribution < 1.29 is 17.9 Å². The molecular formula is C13H22N2O4S. The fraction of sp³-hybridized carbons (Fsp3) is 0.538. The molecule has 0 bridgehead atoms. The summed E-state index contributed by atoms with van der Waals surface area (Å²) in [5.74, 6) is 0. The van der Waals surface area contributed by atoms with Gasteiger partial charge in [-0.15, -0.1) is 0 Å². The first-order valence-corrected chi connectivity index (χ1v) is 7.85. The monoisotopic (exact) mass is 302 g/mol. The van der Waals surface area contributed by atoms with Crippen LogP contribution in [0.5, 0.6) is 0 Å². The number of nitrogens with one attached hydrogen (secondary N) is 1. The van der Waals surface area contributed by atoms with E-state index in [9.17, 15) is 8.42 Å². The number of sulfonamides is 1. The van der Waals surface area contributed by atoms with Crippen LogP contribution in [0.1, 0.15) is 11.1 Å². The second-order valence-electron chi connectivity index (χ2n) is 4.30. The lowest BCUT2D eigenvalue weighted by Gasteiger charge is -2.09. The highest BCUT2D eigenvalue weighted by Crippen LogP contribution is 2.14. The van der Waals surface area contributed by atoms with Crippen LogP contribution in [-0.2, 0) is 26.0 Å². The highest BCUT2D eigenvalue weighted by molar-refractivity contribution is 7.89. The van der Waals surface area contributed by atoms with Crippen LogP contribution in [0.25, 0.3) is 0 Å². The van der Waals surface area contributed by atoms with Gasteiger partial charge >= 0.3 is 0 Å². The van der Waals surface area contributed by atoms with Crippen LogP contribution in [0.15, 0.2) is 23.1 Å². The third kappa shape index (κ3) is 5.18. The number of ether oxygens (including phenoxy) is 2. The third-order valence-electron chi connectivity index (χ3n) is 2.81. The number of nitrogens with two attached hydrogens (primary N) is 1. The minimum atomic E-state index is -3.50. The Morgan fingerprint density at radius 3 is 2.60 bits per heavy atom. The molecule has 3 N–H and O–H groups in total. The predicted molar refractivity (Wildman–Crippen MR) is 77.0 cm³/mol. The van der Waals surface area contributed by atoms with E-state index in [0.717, 1.165) is 11.1 Å². The third-order valence-corrected chi connectivity index (χ3v) is 4.27.